The van der Waals surface area contributed by atoms with Gasteiger partial charge in [0.1, 0.15) is 13.2 Å². The second-order valence-corrected chi connectivity index (χ2v) is 5.88. The Kier molecular flexibility index (Phi) is 9.46. The molecule has 4 heteroatoms. The summed E-state index contributed by atoms with van der Waals surface area (Å²) in [4.78, 5) is 10.9. The highest BCUT2D eigenvalue weighted by molar-refractivity contribution is 5.60. The molecule has 1 fully saturated rings. The van der Waals surface area contributed by atoms with Crippen molar-refractivity contribution in [2.45, 2.75) is 64.7 Å². The second kappa shape index (κ2) is 11.0. The van der Waals surface area contributed by atoms with E-state index in [4.69, 9.17) is 15.2 Å². The summed E-state index contributed by atoms with van der Waals surface area (Å²) in [5.74, 6) is 1.03. The lowest BCUT2D eigenvalue weighted by Gasteiger charge is -2.29. The molecule has 20 heavy (non-hydrogen) atoms. The van der Waals surface area contributed by atoms with E-state index in [0.29, 0.717) is 25.0 Å². The predicted octanol–water partition coefficient (Wildman–Crippen LogP) is 3.88. The molecule has 1 atom stereocenters. The van der Waals surface area contributed by atoms with Crippen LogP contribution >= 0.6 is 0 Å². The number of carbonyl (C=O) groups excluding carboxylic acids is 1. The summed E-state index contributed by atoms with van der Waals surface area (Å²) in [6, 6.07) is 0. The van der Waals surface area contributed by atoms with E-state index in [1.54, 1.807) is 0 Å². The molecule has 1 heterocycles. The maximum atomic E-state index is 10.9. The smallest absolute Gasteiger partial charge is 0.434 e. The van der Waals surface area contributed by atoms with Crippen LogP contribution in [0.1, 0.15) is 64.7 Å². The van der Waals surface area contributed by atoms with Crippen molar-refractivity contribution in [3.8, 4) is 0 Å². The lowest BCUT2D eigenvalue weighted by molar-refractivity contribution is -0.0309. The first-order chi connectivity index (χ1) is 9.77. The number of carbonyl (C=O) groups is 1. The van der Waals surface area contributed by atoms with Crippen LogP contribution in [0.25, 0.3) is 0 Å². The van der Waals surface area contributed by atoms with Crippen molar-refractivity contribution < 1.29 is 14.3 Å². The number of hydrogen-bond donors (Lipinski definition) is 1. The number of rotatable bonds is 11. The van der Waals surface area contributed by atoms with Crippen LogP contribution in [0.5, 0.6) is 0 Å². The van der Waals surface area contributed by atoms with Gasteiger partial charge in [-0.25, -0.2) is 4.79 Å². The minimum atomic E-state index is -0.503. The third kappa shape index (κ3) is 7.13. The van der Waals surface area contributed by atoms with Crippen LogP contribution < -0.4 is 5.73 Å². The van der Waals surface area contributed by atoms with Crippen molar-refractivity contribution in [3.63, 3.8) is 0 Å². The van der Waals surface area contributed by atoms with Gasteiger partial charge in [-0.1, -0.05) is 51.9 Å². The average Bonchev–Trinajstić information content (AvgIpc) is 2.46. The van der Waals surface area contributed by atoms with Crippen LogP contribution in [0.4, 0.5) is 4.79 Å². The van der Waals surface area contributed by atoms with Crippen molar-refractivity contribution in [2.75, 3.05) is 19.8 Å². The summed E-state index contributed by atoms with van der Waals surface area (Å²) in [6.45, 7) is 4.12. The average molecular weight is 285 g/mol. The highest BCUT2D eigenvalue weighted by atomic mass is 16.7. The largest absolute Gasteiger partial charge is 0.508 e. The van der Waals surface area contributed by atoms with E-state index in [1.807, 2.05) is 0 Å². The molecule has 0 aliphatic carbocycles. The summed E-state index contributed by atoms with van der Waals surface area (Å²) >= 11 is 0. The second-order valence-electron chi connectivity index (χ2n) is 5.88. The van der Waals surface area contributed by atoms with E-state index in [1.165, 1.54) is 51.4 Å². The summed E-state index contributed by atoms with van der Waals surface area (Å²) < 4.78 is 10.0. The van der Waals surface area contributed by atoms with Crippen molar-refractivity contribution in [1.29, 1.82) is 0 Å². The molecule has 1 rings (SSSR count). The lowest BCUT2D eigenvalue weighted by atomic mass is 9.85. The molecule has 0 spiro atoms. The zero-order valence-corrected chi connectivity index (χ0v) is 12.9. The van der Waals surface area contributed by atoms with E-state index in [9.17, 15) is 4.79 Å². The van der Waals surface area contributed by atoms with Crippen molar-refractivity contribution >= 4 is 6.16 Å². The number of unbranched alkanes of at least 4 members (excludes halogenated alkanes) is 5. The predicted molar refractivity (Wildman–Crippen MR) is 80.6 cm³/mol. The zero-order chi connectivity index (χ0) is 14.6. The van der Waals surface area contributed by atoms with E-state index in [-0.39, 0.29) is 0 Å². The molecule has 0 aromatic heterocycles. The molecule has 1 aliphatic heterocycles. The van der Waals surface area contributed by atoms with E-state index in [2.05, 4.69) is 6.92 Å². The molecule has 0 radical (unpaired) electrons. The summed E-state index contributed by atoms with van der Waals surface area (Å²) in [7, 11) is 0. The Labute approximate surface area is 123 Å². The van der Waals surface area contributed by atoms with Gasteiger partial charge in [0.2, 0.25) is 0 Å². The van der Waals surface area contributed by atoms with E-state index in [0.717, 1.165) is 13.0 Å². The molecule has 0 aromatic rings. The van der Waals surface area contributed by atoms with Crippen LogP contribution in [-0.2, 0) is 9.47 Å². The fourth-order valence-electron chi connectivity index (χ4n) is 2.96. The van der Waals surface area contributed by atoms with Crippen LogP contribution in [0, 0.1) is 11.8 Å². The van der Waals surface area contributed by atoms with Gasteiger partial charge in [0.05, 0.1) is 0 Å². The van der Waals surface area contributed by atoms with Gasteiger partial charge in [0.25, 0.3) is 0 Å². The van der Waals surface area contributed by atoms with Crippen LogP contribution in [0.3, 0.4) is 0 Å². The monoisotopic (exact) mass is 285 g/mol. The maximum Gasteiger partial charge on any atom is 0.508 e. The molecule has 0 saturated carbocycles. The molecule has 0 aromatic carbocycles. The summed E-state index contributed by atoms with van der Waals surface area (Å²) in [6.07, 6.45) is 10.7. The molecule has 0 bridgehead atoms. The highest BCUT2D eigenvalue weighted by Crippen LogP contribution is 2.27. The first kappa shape index (κ1) is 17.3. The van der Waals surface area contributed by atoms with Gasteiger partial charge >= 0.3 is 6.16 Å². The first-order valence-electron chi connectivity index (χ1n) is 8.27. The van der Waals surface area contributed by atoms with Crippen LogP contribution in [-0.4, -0.2) is 25.9 Å². The number of hydrogen-bond acceptors (Lipinski definition) is 4. The summed E-state index contributed by atoms with van der Waals surface area (Å²) in [5, 5.41) is 0. The van der Waals surface area contributed by atoms with Crippen LogP contribution in [0.2, 0.25) is 0 Å². The fourth-order valence-corrected chi connectivity index (χ4v) is 2.96. The fraction of sp³-hybridized carbons (Fsp3) is 0.938. The quantitative estimate of drug-likeness (QED) is 0.462. The van der Waals surface area contributed by atoms with Crippen molar-refractivity contribution in [3.05, 3.63) is 0 Å². The Bertz CT molecular complexity index is 248. The molecule has 1 saturated heterocycles. The van der Waals surface area contributed by atoms with Gasteiger partial charge < -0.3 is 15.2 Å². The van der Waals surface area contributed by atoms with Gasteiger partial charge in [0, 0.05) is 5.92 Å². The molecule has 0 amide bonds. The van der Waals surface area contributed by atoms with Gasteiger partial charge in [-0.2, -0.15) is 0 Å². The number of nitrogens with two attached hydrogens (primary N) is 1. The topological polar surface area (TPSA) is 61.5 Å². The SMILES string of the molecule is CCCC(CCCCCCCCN)C1COC(=O)OC1. The molecule has 1 unspecified atom stereocenters. The van der Waals surface area contributed by atoms with Gasteiger partial charge in [-0.15, -0.1) is 0 Å². The van der Waals surface area contributed by atoms with Crippen molar-refractivity contribution in [2.24, 2.45) is 17.6 Å². The standard InChI is InChI=1S/C16H31NO3/c1-2-9-14(15-12-19-16(18)20-13-15)10-7-5-3-4-6-8-11-17/h14-15H,2-13,17H2,1H3. The molecule has 118 valence electrons. The Morgan fingerprint density at radius 1 is 1.05 bits per heavy atom. The van der Waals surface area contributed by atoms with Gasteiger partial charge in [0.15, 0.2) is 0 Å². The van der Waals surface area contributed by atoms with Gasteiger partial charge in [-0.3, -0.25) is 0 Å². The molecule has 4 nitrogen and oxygen atoms in total. The van der Waals surface area contributed by atoms with E-state index >= 15 is 0 Å². The minimum Gasteiger partial charge on any atom is -0.434 e. The third-order valence-electron chi connectivity index (χ3n) is 4.19. The lowest BCUT2D eigenvalue weighted by Crippen LogP contribution is -2.32. The number of ether oxygens (including phenoxy) is 2. The molecule has 2 N–H and O–H groups in total. The Balaban J connectivity index is 2.13. The Hall–Kier alpha value is -0.770. The number of cyclic esters (lactones) is 2. The molecular weight excluding hydrogens is 254 g/mol. The summed E-state index contributed by atoms with van der Waals surface area (Å²) in [5.41, 5.74) is 5.49. The van der Waals surface area contributed by atoms with E-state index < -0.39 is 6.16 Å². The minimum absolute atomic E-state index is 0.393. The molecule has 1 aliphatic rings. The Morgan fingerprint density at radius 3 is 2.25 bits per heavy atom. The third-order valence-corrected chi connectivity index (χ3v) is 4.19. The zero-order valence-electron chi connectivity index (χ0n) is 12.9. The van der Waals surface area contributed by atoms with Crippen LogP contribution in [0.15, 0.2) is 0 Å². The Morgan fingerprint density at radius 2 is 1.65 bits per heavy atom. The maximum absolute atomic E-state index is 10.9. The normalized spacial score (nSPS) is 17.6. The van der Waals surface area contributed by atoms with Crippen molar-refractivity contribution in [1.82, 2.24) is 0 Å². The first-order valence-corrected chi connectivity index (χ1v) is 8.27. The molecular formula is C16H31NO3. The highest BCUT2D eigenvalue weighted by Gasteiger charge is 2.27. The van der Waals surface area contributed by atoms with Gasteiger partial charge in [-0.05, 0) is 25.3 Å².